The molecule has 0 spiro atoms. The fourth-order valence-electron chi connectivity index (χ4n) is 8.21. The standard InChI is InChI=1S/C23H35ClO4/c1-14(25)18-6-7-19-17-5-4-15-12-16(28-21(26)27-13-24)8-10-22(15,2)20(17)9-11-23(18,19)3/h15-20H,4-13H2,1-3H3/t15-,16+,17?,18?,19-,20-,22?,23?/m0/s1. The van der Waals surface area contributed by atoms with Gasteiger partial charge in [0.2, 0.25) is 0 Å². The maximum Gasteiger partial charge on any atom is 0.509 e. The molecule has 0 aromatic carbocycles. The Bertz CT molecular complexity index is 636. The Morgan fingerprint density at radius 3 is 2.39 bits per heavy atom. The van der Waals surface area contributed by atoms with Crippen molar-refractivity contribution in [2.24, 2.45) is 40.4 Å². The SMILES string of the molecule is CC(=O)C1CC[C@H]2C3CC[C@H]4C[C@H](OC(=O)OCCl)CCC4(C)[C@H]3CCC12C. The highest BCUT2D eigenvalue weighted by atomic mass is 35.5. The number of fused-ring (bicyclic) bond motifs is 5. The van der Waals surface area contributed by atoms with Crippen LogP contribution >= 0.6 is 11.6 Å². The van der Waals surface area contributed by atoms with Gasteiger partial charge in [0, 0.05) is 5.92 Å². The monoisotopic (exact) mass is 410 g/mol. The number of ketones is 1. The molecule has 0 bridgehead atoms. The number of halogens is 1. The zero-order valence-electron chi connectivity index (χ0n) is 17.5. The van der Waals surface area contributed by atoms with Crippen LogP contribution in [0, 0.1) is 40.4 Å². The molecule has 0 N–H and O–H groups in total. The second-order valence-corrected chi connectivity index (χ2v) is 10.7. The van der Waals surface area contributed by atoms with E-state index in [9.17, 15) is 9.59 Å². The van der Waals surface area contributed by atoms with Crippen molar-refractivity contribution < 1.29 is 19.1 Å². The summed E-state index contributed by atoms with van der Waals surface area (Å²) in [6.07, 6.45) is 9.62. The Morgan fingerprint density at radius 2 is 1.68 bits per heavy atom. The number of hydrogen-bond donors (Lipinski definition) is 0. The van der Waals surface area contributed by atoms with Gasteiger partial charge in [-0.15, -0.1) is 0 Å². The first-order valence-electron chi connectivity index (χ1n) is 11.2. The summed E-state index contributed by atoms with van der Waals surface area (Å²) in [6, 6.07) is -0.155. The molecule has 28 heavy (non-hydrogen) atoms. The summed E-state index contributed by atoms with van der Waals surface area (Å²) in [4.78, 5) is 23.9. The van der Waals surface area contributed by atoms with E-state index in [0.717, 1.165) is 37.5 Å². The van der Waals surface area contributed by atoms with Crippen LogP contribution in [0.3, 0.4) is 0 Å². The average Bonchev–Trinajstić information content (AvgIpc) is 2.99. The summed E-state index contributed by atoms with van der Waals surface area (Å²) in [7, 11) is 0. The molecule has 4 aliphatic rings. The Kier molecular flexibility index (Phi) is 5.48. The van der Waals surface area contributed by atoms with Crippen LogP contribution in [0.1, 0.15) is 78.6 Å². The Hall–Kier alpha value is -0.770. The van der Waals surface area contributed by atoms with Crippen molar-refractivity contribution in [1.29, 1.82) is 0 Å². The number of carbonyl (C=O) groups excluding carboxylic acids is 2. The van der Waals surface area contributed by atoms with Crippen LogP contribution in [0.25, 0.3) is 0 Å². The maximum absolute atomic E-state index is 12.3. The molecule has 4 saturated carbocycles. The van der Waals surface area contributed by atoms with Crippen molar-refractivity contribution in [3.8, 4) is 0 Å². The molecule has 4 rings (SSSR count). The lowest BCUT2D eigenvalue weighted by Crippen LogP contribution is -2.54. The Balaban J connectivity index is 1.47. The summed E-state index contributed by atoms with van der Waals surface area (Å²) in [5.41, 5.74) is 0.566. The predicted molar refractivity (Wildman–Crippen MR) is 108 cm³/mol. The highest BCUT2D eigenvalue weighted by Crippen LogP contribution is 2.67. The molecule has 0 aromatic rings. The number of rotatable bonds is 3. The number of carbonyl (C=O) groups is 2. The highest BCUT2D eigenvalue weighted by molar-refractivity contribution is 6.17. The quantitative estimate of drug-likeness (QED) is 0.426. The molecule has 4 unspecified atom stereocenters. The molecule has 0 aromatic heterocycles. The van der Waals surface area contributed by atoms with Crippen molar-refractivity contribution in [2.75, 3.05) is 6.07 Å². The van der Waals surface area contributed by atoms with Crippen LogP contribution in [0.5, 0.6) is 0 Å². The lowest BCUT2D eigenvalue weighted by Gasteiger charge is -2.61. The van der Waals surface area contributed by atoms with Gasteiger partial charge >= 0.3 is 6.16 Å². The third kappa shape index (κ3) is 3.18. The molecular weight excluding hydrogens is 376 g/mol. The molecule has 4 nitrogen and oxygen atoms in total. The van der Waals surface area contributed by atoms with E-state index in [-0.39, 0.29) is 23.5 Å². The summed E-state index contributed by atoms with van der Waals surface area (Å²) in [5.74, 6) is 3.54. The summed E-state index contributed by atoms with van der Waals surface area (Å²) in [6.45, 7) is 6.72. The van der Waals surface area contributed by atoms with Crippen molar-refractivity contribution in [3.63, 3.8) is 0 Å². The Labute approximate surface area is 174 Å². The van der Waals surface area contributed by atoms with Gasteiger partial charge in [-0.05, 0) is 99.2 Å². The molecule has 0 saturated heterocycles. The molecule has 4 aliphatic carbocycles. The molecule has 0 heterocycles. The van der Waals surface area contributed by atoms with E-state index in [2.05, 4.69) is 13.8 Å². The maximum atomic E-state index is 12.3. The lowest BCUT2D eigenvalue weighted by molar-refractivity contribution is -0.139. The van der Waals surface area contributed by atoms with Crippen LogP contribution in [-0.4, -0.2) is 24.1 Å². The molecule has 4 fully saturated rings. The predicted octanol–water partition coefficient (Wildman–Crippen LogP) is 5.95. The largest absolute Gasteiger partial charge is 0.509 e. The normalized spacial score (nSPS) is 47.4. The van der Waals surface area contributed by atoms with Crippen LogP contribution < -0.4 is 0 Å². The second kappa shape index (κ2) is 7.49. The van der Waals surface area contributed by atoms with E-state index < -0.39 is 6.16 Å². The first-order valence-corrected chi connectivity index (χ1v) is 11.7. The van der Waals surface area contributed by atoms with Gasteiger partial charge in [0.1, 0.15) is 11.9 Å². The number of ether oxygens (including phenoxy) is 2. The van der Waals surface area contributed by atoms with Crippen molar-refractivity contribution >= 4 is 23.5 Å². The van der Waals surface area contributed by atoms with Gasteiger partial charge < -0.3 is 9.47 Å². The minimum atomic E-state index is -0.632. The number of alkyl halides is 1. The van der Waals surface area contributed by atoms with E-state index >= 15 is 0 Å². The average molecular weight is 411 g/mol. The van der Waals surface area contributed by atoms with Gasteiger partial charge in [-0.3, -0.25) is 4.79 Å². The third-order valence-electron chi connectivity index (χ3n) is 9.54. The van der Waals surface area contributed by atoms with Crippen LogP contribution in [0.4, 0.5) is 4.79 Å². The van der Waals surface area contributed by atoms with Gasteiger partial charge in [0.05, 0.1) is 0 Å². The first kappa shape index (κ1) is 20.5. The van der Waals surface area contributed by atoms with Gasteiger partial charge in [-0.25, -0.2) is 4.79 Å². The van der Waals surface area contributed by atoms with E-state index in [4.69, 9.17) is 21.1 Å². The summed E-state index contributed by atoms with van der Waals surface area (Å²) in [5, 5.41) is 0. The lowest BCUT2D eigenvalue weighted by atomic mass is 9.44. The zero-order valence-corrected chi connectivity index (χ0v) is 18.3. The van der Waals surface area contributed by atoms with Gasteiger partial charge in [-0.2, -0.15) is 0 Å². The van der Waals surface area contributed by atoms with Crippen LogP contribution in [0.2, 0.25) is 0 Å². The minimum Gasteiger partial charge on any atom is -0.431 e. The highest BCUT2D eigenvalue weighted by Gasteiger charge is 2.60. The first-order chi connectivity index (χ1) is 13.3. The van der Waals surface area contributed by atoms with Gasteiger partial charge in [-0.1, -0.05) is 25.4 Å². The topological polar surface area (TPSA) is 52.6 Å². The van der Waals surface area contributed by atoms with E-state index in [0.29, 0.717) is 23.0 Å². The van der Waals surface area contributed by atoms with E-state index in [1.165, 1.54) is 32.1 Å². The molecule has 8 atom stereocenters. The van der Waals surface area contributed by atoms with Crippen molar-refractivity contribution in [3.05, 3.63) is 0 Å². The molecule has 0 radical (unpaired) electrons. The molecule has 5 heteroatoms. The third-order valence-corrected chi connectivity index (χ3v) is 9.65. The fraction of sp³-hybridized carbons (Fsp3) is 0.913. The van der Waals surface area contributed by atoms with Crippen LogP contribution in [0.15, 0.2) is 0 Å². The Morgan fingerprint density at radius 1 is 0.964 bits per heavy atom. The summed E-state index contributed by atoms with van der Waals surface area (Å²) < 4.78 is 10.3. The van der Waals surface area contributed by atoms with Crippen LogP contribution in [-0.2, 0) is 14.3 Å². The minimum absolute atomic E-state index is 0.0345. The number of hydrogen-bond acceptors (Lipinski definition) is 4. The molecule has 0 amide bonds. The van der Waals surface area contributed by atoms with E-state index in [1.807, 2.05) is 0 Å². The van der Waals surface area contributed by atoms with Gasteiger partial charge in [0.15, 0.2) is 6.07 Å². The zero-order chi connectivity index (χ0) is 20.1. The van der Waals surface area contributed by atoms with Gasteiger partial charge in [0.25, 0.3) is 0 Å². The molecule has 158 valence electrons. The second-order valence-electron chi connectivity index (χ2n) is 10.5. The summed E-state index contributed by atoms with van der Waals surface area (Å²) >= 11 is 5.46. The van der Waals surface area contributed by atoms with E-state index in [1.54, 1.807) is 6.92 Å². The number of Topliss-reactive ketones (excluding diaryl/α,β-unsaturated/α-hetero) is 1. The van der Waals surface area contributed by atoms with Crippen molar-refractivity contribution in [2.45, 2.75) is 84.7 Å². The molecular formula is C23H35ClO4. The fourth-order valence-corrected chi connectivity index (χ4v) is 8.30. The smallest absolute Gasteiger partial charge is 0.431 e. The van der Waals surface area contributed by atoms with Crippen molar-refractivity contribution in [1.82, 2.24) is 0 Å². The molecule has 0 aliphatic heterocycles.